The third-order valence-corrected chi connectivity index (χ3v) is 4.06. The van der Waals surface area contributed by atoms with Crippen LogP contribution in [-0.4, -0.2) is 36.1 Å². The first kappa shape index (κ1) is 15.5. The highest BCUT2D eigenvalue weighted by molar-refractivity contribution is 6.46. The minimum absolute atomic E-state index is 0.0719. The van der Waals surface area contributed by atoms with Crippen LogP contribution in [0.1, 0.15) is 12.5 Å². The molecule has 7 nitrogen and oxygen atoms in total. The lowest BCUT2D eigenvalue weighted by Crippen LogP contribution is -2.36. The fourth-order valence-electron chi connectivity index (χ4n) is 2.72. The summed E-state index contributed by atoms with van der Waals surface area (Å²) in [5.41, 5.74) is 3.63. The fraction of sp³-hybridized carbons (Fsp3) is 0.333. The zero-order valence-electron chi connectivity index (χ0n) is 12.5. The van der Waals surface area contributed by atoms with E-state index in [1.54, 1.807) is 32.0 Å². The smallest absolute Gasteiger partial charge is 0.355 e. The topological polar surface area (TPSA) is 88.1 Å². The Morgan fingerprint density at radius 3 is 2.83 bits per heavy atom. The molecule has 0 saturated carbocycles. The number of rotatable bonds is 3. The van der Waals surface area contributed by atoms with Gasteiger partial charge in [-0.25, -0.2) is 9.69 Å². The fourth-order valence-corrected chi connectivity index (χ4v) is 2.89. The molecule has 2 aliphatic heterocycles. The number of fused-ring (bicyclic) bond motifs is 1. The van der Waals surface area contributed by atoms with Crippen LogP contribution in [0.5, 0.6) is 0 Å². The van der Waals surface area contributed by atoms with E-state index in [4.69, 9.17) is 16.3 Å². The van der Waals surface area contributed by atoms with Gasteiger partial charge in [-0.05, 0) is 31.5 Å². The number of hydrogen-bond acceptors (Lipinski definition) is 6. The summed E-state index contributed by atoms with van der Waals surface area (Å²) in [4.78, 5) is 38.2. The number of carbonyl (C=O) groups is 3. The molecule has 0 unspecified atom stereocenters. The second kappa shape index (κ2) is 5.66. The van der Waals surface area contributed by atoms with Crippen molar-refractivity contribution in [3.8, 4) is 0 Å². The number of nitrogens with zero attached hydrogens (tertiary/aromatic N) is 2. The van der Waals surface area contributed by atoms with Gasteiger partial charge in [-0.3, -0.25) is 15.0 Å². The van der Waals surface area contributed by atoms with Crippen molar-refractivity contribution in [1.29, 1.82) is 0 Å². The van der Waals surface area contributed by atoms with E-state index in [9.17, 15) is 14.4 Å². The molecule has 1 N–H and O–H groups in total. The highest BCUT2D eigenvalue weighted by atomic mass is 35.5. The van der Waals surface area contributed by atoms with Crippen molar-refractivity contribution in [3.63, 3.8) is 0 Å². The average Bonchev–Trinajstić information content (AvgIpc) is 3.04. The quantitative estimate of drug-likeness (QED) is 0.658. The number of amides is 2. The minimum atomic E-state index is -0.972. The Hall–Kier alpha value is -2.41. The first-order valence-electron chi connectivity index (χ1n) is 7.10. The van der Waals surface area contributed by atoms with Gasteiger partial charge in [0.1, 0.15) is 12.0 Å². The number of aryl methyl sites for hydroxylation is 1. The van der Waals surface area contributed by atoms with Crippen molar-refractivity contribution >= 4 is 40.8 Å². The number of halogens is 1. The molecule has 2 atom stereocenters. The van der Waals surface area contributed by atoms with E-state index < -0.39 is 29.7 Å². The Bertz CT molecular complexity index is 746. The summed E-state index contributed by atoms with van der Waals surface area (Å²) >= 11 is 5.97. The summed E-state index contributed by atoms with van der Waals surface area (Å²) in [6.45, 7) is 3.59. The first-order valence-corrected chi connectivity index (χ1v) is 7.47. The highest BCUT2D eigenvalue weighted by Crippen LogP contribution is 2.33. The van der Waals surface area contributed by atoms with Gasteiger partial charge < -0.3 is 4.74 Å². The van der Waals surface area contributed by atoms with E-state index in [1.165, 1.54) is 0 Å². The molecular weight excluding hydrogens is 322 g/mol. The Morgan fingerprint density at radius 1 is 1.39 bits per heavy atom. The van der Waals surface area contributed by atoms with Gasteiger partial charge in [0.05, 0.1) is 12.3 Å². The number of hydrazone groups is 1. The number of imide groups is 1. The Balaban J connectivity index is 1.97. The molecule has 2 heterocycles. The Labute approximate surface area is 137 Å². The number of carbonyl (C=O) groups excluding carboxylic acids is 3. The van der Waals surface area contributed by atoms with Crippen molar-refractivity contribution in [3.05, 3.63) is 28.8 Å². The van der Waals surface area contributed by atoms with Crippen LogP contribution >= 0.6 is 11.6 Å². The number of ether oxygens (including phenoxy) is 1. The molecule has 2 aliphatic rings. The molecule has 1 aromatic rings. The van der Waals surface area contributed by atoms with E-state index in [2.05, 4.69) is 10.5 Å². The number of esters is 1. The van der Waals surface area contributed by atoms with Crippen molar-refractivity contribution in [1.82, 2.24) is 5.43 Å². The monoisotopic (exact) mass is 335 g/mol. The molecule has 0 radical (unpaired) electrons. The lowest BCUT2D eigenvalue weighted by Gasteiger charge is -2.18. The van der Waals surface area contributed by atoms with Crippen LogP contribution < -0.4 is 10.3 Å². The molecule has 1 aromatic carbocycles. The molecular formula is C15H14ClN3O4. The van der Waals surface area contributed by atoms with E-state index in [-0.39, 0.29) is 12.3 Å². The number of nitrogens with one attached hydrogen (secondary N) is 1. The second-order valence-corrected chi connectivity index (χ2v) is 5.68. The summed E-state index contributed by atoms with van der Waals surface area (Å²) in [7, 11) is 0. The lowest BCUT2D eigenvalue weighted by atomic mass is 9.99. The van der Waals surface area contributed by atoms with E-state index in [0.29, 0.717) is 10.7 Å². The van der Waals surface area contributed by atoms with Crippen LogP contribution in [0.2, 0.25) is 5.02 Å². The van der Waals surface area contributed by atoms with Gasteiger partial charge in [0, 0.05) is 5.02 Å². The summed E-state index contributed by atoms with van der Waals surface area (Å²) in [6.07, 6.45) is 0. The number of anilines is 1. The number of hydrogen-bond donors (Lipinski definition) is 1. The number of benzene rings is 1. The van der Waals surface area contributed by atoms with Crippen molar-refractivity contribution in [2.45, 2.75) is 19.9 Å². The van der Waals surface area contributed by atoms with Crippen LogP contribution in [0.4, 0.5) is 5.69 Å². The van der Waals surface area contributed by atoms with E-state index in [1.807, 2.05) is 0 Å². The third kappa shape index (κ3) is 2.37. The van der Waals surface area contributed by atoms with Gasteiger partial charge in [-0.15, -0.1) is 0 Å². The van der Waals surface area contributed by atoms with Gasteiger partial charge in [0.2, 0.25) is 5.91 Å². The molecule has 0 spiro atoms. The summed E-state index contributed by atoms with van der Waals surface area (Å²) < 4.78 is 4.89. The standard InChI is InChI=1S/C15H14ClN3O4/c1-3-23-15(22)12-10-11(17-18-12)14(21)19(13(10)20)9-6-8(16)5-4-7(9)2/h4-6,10-11,17H,3H2,1-2H3/t10-,11+/m1/s1. The summed E-state index contributed by atoms with van der Waals surface area (Å²) in [6, 6.07) is 4.06. The summed E-state index contributed by atoms with van der Waals surface area (Å²) in [5, 5.41) is 4.22. The normalized spacial score (nSPS) is 22.7. The Kier molecular flexibility index (Phi) is 3.81. The van der Waals surface area contributed by atoms with Crippen LogP contribution in [0.3, 0.4) is 0 Å². The van der Waals surface area contributed by atoms with Gasteiger partial charge in [0.15, 0.2) is 5.71 Å². The van der Waals surface area contributed by atoms with Crippen LogP contribution in [0, 0.1) is 12.8 Å². The molecule has 23 heavy (non-hydrogen) atoms. The Morgan fingerprint density at radius 2 is 2.13 bits per heavy atom. The third-order valence-electron chi connectivity index (χ3n) is 3.82. The largest absolute Gasteiger partial charge is 0.461 e. The lowest BCUT2D eigenvalue weighted by molar-refractivity contribution is -0.136. The predicted molar refractivity (Wildman–Crippen MR) is 83.2 cm³/mol. The van der Waals surface area contributed by atoms with E-state index in [0.717, 1.165) is 10.5 Å². The average molecular weight is 336 g/mol. The maximum absolute atomic E-state index is 12.7. The van der Waals surface area contributed by atoms with Gasteiger partial charge in [-0.1, -0.05) is 17.7 Å². The molecule has 0 aromatic heterocycles. The predicted octanol–water partition coefficient (Wildman–Crippen LogP) is 1.03. The zero-order valence-corrected chi connectivity index (χ0v) is 13.3. The maximum Gasteiger partial charge on any atom is 0.355 e. The molecule has 0 aliphatic carbocycles. The minimum Gasteiger partial charge on any atom is -0.461 e. The molecule has 2 amide bonds. The van der Waals surface area contributed by atoms with Crippen molar-refractivity contribution < 1.29 is 19.1 Å². The van der Waals surface area contributed by atoms with Gasteiger partial charge in [-0.2, -0.15) is 5.10 Å². The molecule has 3 rings (SSSR count). The maximum atomic E-state index is 12.7. The van der Waals surface area contributed by atoms with Crippen molar-refractivity contribution in [2.75, 3.05) is 11.5 Å². The molecule has 8 heteroatoms. The second-order valence-electron chi connectivity index (χ2n) is 5.24. The van der Waals surface area contributed by atoms with E-state index >= 15 is 0 Å². The van der Waals surface area contributed by atoms with Gasteiger partial charge >= 0.3 is 5.97 Å². The zero-order chi connectivity index (χ0) is 16.7. The first-order chi connectivity index (χ1) is 11.0. The van der Waals surface area contributed by atoms with Crippen LogP contribution in [-0.2, 0) is 19.1 Å². The van der Waals surface area contributed by atoms with Gasteiger partial charge in [0.25, 0.3) is 5.91 Å². The molecule has 1 saturated heterocycles. The molecule has 0 bridgehead atoms. The van der Waals surface area contributed by atoms with Crippen LogP contribution in [0.15, 0.2) is 23.3 Å². The van der Waals surface area contributed by atoms with Crippen molar-refractivity contribution in [2.24, 2.45) is 11.0 Å². The SMILES string of the molecule is CCOC(=O)C1=NN[C@@H]2C(=O)N(c3cc(Cl)ccc3C)C(=O)[C@@H]12. The molecule has 1 fully saturated rings. The van der Waals surface area contributed by atoms with Crippen LogP contribution in [0.25, 0.3) is 0 Å². The molecule has 120 valence electrons. The highest BCUT2D eigenvalue weighted by Gasteiger charge is 2.56. The summed E-state index contributed by atoms with van der Waals surface area (Å²) in [5.74, 6) is -2.64.